The van der Waals surface area contributed by atoms with E-state index in [4.69, 9.17) is 20.9 Å². The van der Waals surface area contributed by atoms with Crippen molar-refractivity contribution in [1.29, 1.82) is 0 Å². The van der Waals surface area contributed by atoms with Crippen LogP contribution in [-0.2, 0) is 13.0 Å². The number of ether oxygens (including phenoxy) is 1. The third kappa shape index (κ3) is 5.33. The molecule has 0 atom stereocenters. The first-order valence-electron chi connectivity index (χ1n) is 8.94. The topological polar surface area (TPSA) is 68.5 Å². The van der Waals surface area contributed by atoms with Crippen LogP contribution in [0.5, 0.6) is 5.75 Å². The van der Waals surface area contributed by atoms with Gasteiger partial charge in [0.2, 0.25) is 0 Å². The molecule has 0 aliphatic carbocycles. The van der Waals surface area contributed by atoms with Crippen molar-refractivity contribution in [2.75, 3.05) is 13.6 Å². The zero-order valence-corrected chi connectivity index (χ0v) is 16.9. The maximum atomic E-state index is 12.4. The number of carbonyl (C=O) groups is 1. The Labute approximate surface area is 169 Å². The van der Waals surface area contributed by atoms with E-state index in [1.54, 1.807) is 36.2 Å². The van der Waals surface area contributed by atoms with E-state index in [2.05, 4.69) is 16.2 Å². The van der Waals surface area contributed by atoms with E-state index in [1.165, 1.54) is 0 Å². The molecular formula is C21H22ClN3O3. The van der Waals surface area contributed by atoms with Crippen molar-refractivity contribution in [2.24, 2.45) is 0 Å². The van der Waals surface area contributed by atoms with E-state index in [-0.39, 0.29) is 12.5 Å². The molecule has 0 unspecified atom stereocenters. The lowest BCUT2D eigenvalue weighted by molar-refractivity contribution is 0.0796. The number of likely N-dealkylation sites (N-methyl/N-ethyl adjacent to an activating group) is 1. The van der Waals surface area contributed by atoms with Gasteiger partial charge in [0.1, 0.15) is 5.75 Å². The highest BCUT2D eigenvalue weighted by Crippen LogP contribution is 2.17. The fourth-order valence-corrected chi connectivity index (χ4v) is 2.92. The highest BCUT2D eigenvalue weighted by Gasteiger charge is 2.14. The fourth-order valence-electron chi connectivity index (χ4n) is 2.79. The molecule has 28 heavy (non-hydrogen) atoms. The smallest absolute Gasteiger partial charge is 0.264 e. The van der Waals surface area contributed by atoms with E-state index in [0.29, 0.717) is 35.3 Å². The van der Waals surface area contributed by atoms with Gasteiger partial charge in [0, 0.05) is 30.6 Å². The molecule has 0 saturated heterocycles. The van der Waals surface area contributed by atoms with Crippen LogP contribution in [0.15, 0.2) is 47.0 Å². The maximum Gasteiger partial charge on any atom is 0.264 e. The lowest BCUT2D eigenvalue weighted by atomic mass is 10.1. The Hall–Kier alpha value is -2.86. The first-order valence-corrected chi connectivity index (χ1v) is 9.32. The molecule has 1 aromatic heterocycles. The standard InChI is InChI=1S/C21H22ClN3O3/c1-14-10-15(2)12-18(11-14)27-13-20-23-19(24-28-20)8-9-25(3)21(26)16-4-6-17(22)7-5-16/h4-7,10-12H,8-9,13H2,1-3H3. The zero-order chi connectivity index (χ0) is 20.1. The van der Waals surface area contributed by atoms with Gasteiger partial charge in [-0.15, -0.1) is 0 Å². The minimum absolute atomic E-state index is 0.0847. The Balaban J connectivity index is 1.51. The van der Waals surface area contributed by atoms with Crippen LogP contribution >= 0.6 is 11.6 Å². The number of rotatable bonds is 7. The molecule has 2 aromatic carbocycles. The van der Waals surface area contributed by atoms with Crippen LogP contribution in [0, 0.1) is 13.8 Å². The predicted octanol–water partition coefficient (Wildman–Crippen LogP) is 4.23. The van der Waals surface area contributed by atoms with Gasteiger partial charge in [-0.2, -0.15) is 4.98 Å². The molecule has 0 aliphatic heterocycles. The number of aryl methyl sites for hydroxylation is 2. The third-order valence-corrected chi connectivity index (χ3v) is 4.43. The van der Waals surface area contributed by atoms with Crippen molar-refractivity contribution in [2.45, 2.75) is 26.9 Å². The highest BCUT2D eigenvalue weighted by atomic mass is 35.5. The molecule has 3 rings (SSSR count). The van der Waals surface area contributed by atoms with Gasteiger partial charge in [-0.3, -0.25) is 4.79 Å². The lowest BCUT2D eigenvalue weighted by Crippen LogP contribution is -2.29. The molecule has 0 radical (unpaired) electrons. The van der Waals surface area contributed by atoms with E-state index in [1.807, 2.05) is 26.0 Å². The number of amides is 1. The van der Waals surface area contributed by atoms with Gasteiger partial charge in [-0.1, -0.05) is 22.8 Å². The number of hydrogen-bond acceptors (Lipinski definition) is 5. The molecule has 146 valence electrons. The number of nitrogens with zero attached hydrogens (tertiary/aromatic N) is 3. The summed E-state index contributed by atoms with van der Waals surface area (Å²) in [5.74, 6) is 1.62. The van der Waals surface area contributed by atoms with Crippen molar-refractivity contribution in [3.63, 3.8) is 0 Å². The molecule has 0 N–H and O–H groups in total. The molecule has 0 aliphatic rings. The van der Waals surface area contributed by atoms with E-state index in [9.17, 15) is 4.79 Å². The summed E-state index contributed by atoms with van der Waals surface area (Å²) in [7, 11) is 1.74. The Kier molecular flexibility index (Phi) is 6.31. The van der Waals surface area contributed by atoms with Crippen LogP contribution in [0.1, 0.15) is 33.2 Å². The van der Waals surface area contributed by atoms with E-state index in [0.717, 1.165) is 16.9 Å². The van der Waals surface area contributed by atoms with Gasteiger partial charge in [-0.05, 0) is 61.4 Å². The quantitative estimate of drug-likeness (QED) is 0.594. The summed E-state index contributed by atoms with van der Waals surface area (Å²) in [4.78, 5) is 18.3. The molecule has 1 heterocycles. The Morgan fingerprint density at radius 3 is 2.50 bits per heavy atom. The lowest BCUT2D eigenvalue weighted by Gasteiger charge is -2.16. The van der Waals surface area contributed by atoms with Crippen molar-refractivity contribution in [1.82, 2.24) is 15.0 Å². The molecule has 6 nitrogen and oxygen atoms in total. The zero-order valence-electron chi connectivity index (χ0n) is 16.1. The van der Waals surface area contributed by atoms with Crippen molar-refractivity contribution < 1.29 is 14.1 Å². The van der Waals surface area contributed by atoms with E-state index >= 15 is 0 Å². The van der Waals surface area contributed by atoms with Crippen LogP contribution in [-0.4, -0.2) is 34.5 Å². The summed E-state index contributed by atoms with van der Waals surface area (Å²) < 4.78 is 11.0. The average molecular weight is 400 g/mol. The summed E-state index contributed by atoms with van der Waals surface area (Å²) in [6.07, 6.45) is 0.489. The average Bonchev–Trinajstić information content (AvgIpc) is 3.12. The number of carbonyl (C=O) groups excluding carboxylic acids is 1. The normalized spacial score (nSPS) is 10.7. The maximum absolute atomic E-state index is 12.4. The van der Waals surface area contributed by atoms with Crippen LogP contribution in [0.3, 0.4) is 0 Å². The predicted molar refractivity (Wildman–Crippen MR) is 107 cm³/mol. The third-order valence-electron chi connectivity index (χ3n) is 4.18. The summed E-state index contributed by atoms with van der Waals surface area (Å²) in [5, 5.41) is 4.56. The summed E-state index contributed by atoms with van der Waals surface area (Å²) in [5.41, 5.74) is 2.85. The monoisotopic (exact) mass is 399 g/mol. The minimum Gasteiger partial charge on any atom is -0.484 e. The minimum atomic E-state index is -0.0847. The first-order chi connectivity index (χ1) is 13.4. The second kappa shape index (κ2) is 8.89. The number of hydrogen-bond donors (Lipinski definition) is 0. The Bertz CT molecular complexity index is 934. The SMILES string of the molecule is Cc1cc(C)cc(OCc2nc(CCN(C)C(=O)c3ccc(Cl)cc3)no2)c1. The van der Waals surface area contributed by atoms with Crippen LogP contribution < -0.4 is 4.74 Å². The second-order valence-electron chi connectivity index (χ2n) is 6.70. The number of aromatic nitrogens is 2. The number of halogens is 1. The van der Waals surface area contributed by atoms with Crippen LogP contribution in [0.2, 0.25) is 5.02 Å². The van der Waals surface area contributed by atoms with Crippen molar-refractivity contribution in [3.05, 3.63) is 75.9 Å². The van der Waals surface area contributed by atoms with Crippen molar-refractivity contribution >= 4 is 17.5 Å². The summed E-state index contributed by atoms with van der Waals surface area (Å²) >= 11 is 5.86. The Morgan fingerprint density at radius 1 is 1.14 bits per heavy atom. The van der Waals surface area contributed by atoms with Crippen molar-refractivity contribution in [3.8, 4) is 5.75 Å². The van der Waals surface area contributed by atoms with Gasteiger partial charge in [-0.25, -0.2) is 0 Å². The molecular weight excluding hydrogens is 378 g/mol. The molecule has 0 fully saturated rings. The van der Waals surface area contributed by atoms with E-state index < -0.39 is 0 Å². The highest BCUT2D eigenvalue weighted by molar-refractivity contribution is 6.30. The van der Waals surface area contributed by atoms with Gasteiger partial charge in [0.25, 0.3) is 11.8 Å². The summed E-state index contributed by atoms with van der Waals surface area (Å²) in [6.45, 7) is 4.72. The van der Waals surface area contributed by atoms with Gasteiger partial charge >= 0.3 is 0 Å². The van der Waals surface area contributed by atoms with Crippen LogP contribution in [0.4, 0.5) is 0 Å². The Morgan fingerprint density at radius 2 is 1.82 bits per heavy atom. The largest absolute Gasteiger partial charge is 0.484 e. The summed E-state index contributed by atoms with van der Waals surface area (Å²) in [6, 6.07) is 12.8. The first kappa shape index (κ1) is 19.9. The molecule has 0 bridgehead atoms. The van der Waals surface area contributed by atoms with Gasteiger partial charge in [0.05, 0.1) is 0 Å². The molecule has 0 saturated carbocycles. The fraction of sp³-hybridized carbons (Fsp3) is 0.286. The molecule has 7 heteroatoms. The molecule has 1 amide bonds. The van der Waals surface area contributed by atoms with Crippen LogP contribution in [0.25, 0.3) is 0 Å². The molecule has 0 spiro atoms. The second-order valence-corrected chi connectivity index (χ2v) is 7.14. The number of benzene rings is 2. The van der Waals surface area contributed by atoms with Gasteiger partial charge in [0.15, 0.2) is 12.4 Å². The molecule has 3 aromatic rings. The van der Waals surface area contributed by atoms with Gasteiger partial charge < -0.3 is 14.2 Å².